The molecule has 0 spiro atoms. The van der Waals surface area contributed by atoms with E-state index in [1.807, 2.05) is 17.5 Å². The number of amides is 2. The minimum atomic E-state index is -0.548. The summed E-state index contributed by atoms with van der Waals surface area (Å²) in [6.07, 6.45) is 5.24. The fraction of sp³-hybridized carbons (Fsp3) is 0.259. The van der Waals surface area contributed by atoms with E-state index in [0.717, 1.165) is 41.9 Å². The Labute approximate surface area is 218 Å². The summed E-state index contributed by atoms with van der Waals surface area (Å²) in [6, 6.07) is 15.0. The third-order valence-electron chi connectivity index (χ3n) is 6.35. The lowest BCUT2D eigenvalue weighted by Gasteiger charge is -2.26. The van der Waals surface area contributed by atoms with E-state index >= 15 is 0 Å². The summed E-state index contributed by atoms with van der Waals surface area (Å²) in [5.74, 6) is -0.862. The predicted octanol–water partition coefficient (Wildman–Crippen LogP) is 4.76. The topological polar surface area (TPSA) is 92.2 Å². The highest BCUT2D eigenvalue weighted by Gasteiger charge is 2.28. The van der Waals surface area contributed by atoms with Crippen molar-refractivity contribution in [3.63, 3.8) is 0 Å². The van der Waals surface area contributed by atoms with Gasteiger partial charge in [-0.3, -0.25) is 14.9 Å². The zero-order valence-electron chi connectivity index (χ0n) is 20.4. The van der Waals surface area contributed by atoms with Crippen molar-refractivity contribution in [2.24, 2.45) is 0 Å². The number of nitrogens with one attached hydrogen (secondary N) is 2. The Hall–Kier alpha value is -4.05. The molecule has 1 saturated heterocycles. The molecule has 0 radical (unpaired) electrons. The van der Waals surface area contributed by atoms with Gasteiger partial charge in [-0.05, 0) is 60.4 Å². The van der Waals surface area contributed by atoms with E-state index in [2.05, 4.69) is 32.7 Å². The third-order valence-corrected chi connectivity index (χ3v) is 7.13. The van der Waals surface area contributed by atoms with Crippen LogP contribution < -0.4 is 15.5 Å². The molecule has 3 aromatic heterocycles. The molecule has 0 saturated carbocycles. The number of anilines is 2. The van der Waals surface area contributed by atoms with E-state index in [9.17, 15) is 14.0 Å². The van der Waals surface area contributed by atoms with E-state index in [0.29, 0.717) is 23.9 Å². The standard InChI is InChI=1S/C27H27FN6O2S/c1-18(35)30-15-19-6-8-21(9-7-19)34-13-3-4-23(34)22-17-37-27(31-22)32-26(36)24-5-2-12-33(24)16-20-10-11-29-25(28)14-20/h2,5-12,14,17,23H,3-4,13,15-16H2,1H3,(H,30,35)(H,31,32,36). The van der Waals surface area contributed by atoms with Gasteiger partial charge < -0.3 is 14.8 Å². The Morgan fingerprint density at radius 2 is 2.00 bits per heavy atom. The quantitative estimate of drug-likeness (QED) is 0.328. The second-order valence-corrected chi connectivity index (χ2v) is 9.83. The molecule has 8 nitrogen and oxygen atoms in total. The molecule has 1 aromatic carbocycles. The zero-order valence-corrected chi connectivity index (χ0v) is 21.2. The average molecular weight is 519 g/mol. The summed E-state index contributed by atoms with van der Waals surface area (Å²) in [4.78, 5) is 34.8. The summed E-state index contributed by atoms with van der Waals surface area (Å²) in [5.41, 5.74) is 4.28. The molecule has 190 valence electrons. The van der Waals surface area contributed by atoms with Gasteiger partial charge in [-0.1, -0.05) is 12.1 Å². The van der Waals surface area contributed by atoms with Crippen molar-refractivity contribution in [3.8, 4) is 0 Å². The van der Waals surface area contributed by atoms with Crippen LogP contribution in [0.2, 0.25) is 0 Å². The van der Waals surface area contributed by atoms with E-state index < -0.39 is 5.95 Å². The van der Waals surface area contributed by atoms with E-state index in [1.165, 1.54) is 30.5 Å². The second kappa shape index (κ2) is 10.9. The fourth-order valence-corrected chi connectivity index (χ4v) is 5.32. The van der Waals surface area contributed by atoms with Crippen LogP contribution in [0, 0.1) is 5.95 Å². The number of nitrogens with zero attached hydrogens (tertiary/aromatic N) is 4. The SMILES string of the molecule is CC(=O)NCc1ccc(N2CCCC2c2csc(NC(=O)c3cccn3Cc3ccnc(F)c3)n2)cc1. The van der Waals surface area contributed by atoms with Crippen molar-refractivity contribution < 1.29 is 14.0 Å². The number of hydrogen-bond donors (Lipinski definition) is 2. The van der Waals surface area contributed by atoms with Crippen LogP contribution in [0.15, 0.2) is 66.3 Å². The van der Waals surface area contributed by atoms with Crippen LogP contribution in [0.4, 0.5) is 15.2 Å². The molecule has 0 bridgehead atoms. The molecule has 1 aliphatic rings. The van der Waals surface area contributed by atoms with Gasteiger partial charge in [0.25, 0.3) is 5.91 Å². The lowest BCUT2D eigenvalue weighted by molar-refractivity contribution is -0.119. The van der Waals surface area contributed by atoms with Crippen LogP contribution >= 0.6 is 11.3 Å². The van der Waals surface area contributed by atoms with Gasteiger partial charge in [0.05, 0.1) is 11.7 Å². The minimum absolute atomic E-state index is 0.0487. The molecule has 1 unspecified atom stereocenters. The molecule has 0 aliphatic carbocycles. The summed E-state index contributed by atoms with van der Waals surface area (Å²) in [7, 11) is 0. The molecule has 4 heterocycles. The van der Waals surface area contributed by atoms with E-state index in [-0.39, 0.29) is 17.9 Å². The molecule has 1 atom stereocenters. The Bertz CT molecular complexity index is 1400. The molecular weight excluding hydrogens is 491 g/mol. The van der Waals surface area contributed by atoms with Crippen LogP contribution in [0.5, 0.6) is 0 Å². The van der Waals surface area contributed by atoms with Gasteiger partial charge in [0, 0.05) is 50.0 Å². The molecule has 1 aliphatic heterocycles. The first-order chi connectivity index (χ1) is 18.0. The van der Waals surface area contributed by atoms with Crippen molar-refractivity contribution in [2.75, 3.05) is 16.8 Å². The molecule has 37 heavy (non-hydrogen) atoms. The van der Waals surface area contributed by atoms with Gasteiger partial charge >= 0.3 is 0 Å². The number of aromatic nitrogens is 3. The largest absolute Gasteiger partial charge is 0.363 e. The summed E-state index contributed by atoms with van der Waals surface area (Å²) in [5, 5.41) is 8.28. The second-order valence-electron chi connectivity index (χ2n) is 8.97. The average Bonchev–Trinajstić information content (AvgIpc) is 3.64. The number of pyridine rings is 1. The molecule has 5 rings (SSSR count). The van der Waals surface area contributed by atoms with E-state index in [1.54, 1.807) is 29.0 Å². The number of carbonyl (C=O) groups is 2. The molecular formula is C27H27FN6O2S. The highest BCUT2D eigenvalue weighted by Crippen LogP contribution is 2.37. The predicted molar refractivity (Wildman–Crippen MR) is 141 cm³/mol. The van der Waals surface area contributed by atoms with Gasteiger partial charge in [0.2, 0.25) is 11.9 Å². The molecule has 2 amide bonds. The van der Waals surface area contributed by atoms with Crippen molar-refractivity contribution in [3.05, 3.63) is 94.8 Å². The normalized spacial score (nSPS) is 15.1. The van der Waals surface area contributed by atoms with Gasteiger partial charge in [0.15, 0.2) is 5.13 Å². The van der Waals surface area contributed by atoms with Crippen molar-refractivity contribution >= 4 is 34.0 Å². The van der Waals surface area contributed by atoms with Gasteiger partial charge in [-0.2, -0.15) is 4.39 Å². The maximum absolute atomic E-state index is 13.5. The maximum Gasteiger partial charge on any atom is 0.274 e. The van der Waals surface area contributed by atoms with Crippen molar-refractivity contribution in [1.29, 1.82) is 0 Å². The van der Waals surface area contributed by atoms with Gasteiger partial charge in [0.1, 0.15) is 5.69 Å². The number of benzene rings is 1. The first-order valence-electron chi connectivity index (χ1n) is 12.1. The minimum Gasteiger partial charge on any atom is -0.363 e. The Kier molecular flexibility index (Phi) is 7.27. The maximum atomic E-state index is 13.5. The van der Waals surface area contributed by atoms with Gasteiger partial charge in [-0.25, -0.2) is 9.97 Å². The third kappa shape index (κ3) is 5.86. The van der Waals surface area contributed by atoms with Crippen LogP contribution in [-0.2, 0) is 17.9 Å². The Morgan fingerprint density at radius 1 is 1.16 bits per heavy atom. The summed E-state index contributed by atoms with van der Waals surface area (Å²) in [6.45, 7) is 3.31. The lowest BCUT2D eigenvalue weighted by Crippen LogP contribution is -2.23. The van der Waals surface area contributed by atoms with E-state index in [4.69, 9.17) is 4.98 Å². The highest BCUT2D eigenvalue weighted by atomic mass is 32.1. The smallest absolute Gasteiger partial charge is 0.274 e. The lowest BCUT2D eigenvalue weighted by atomic mass is 10.1. The molecule has 10 heteroatoms. The van der Waals surface area contributed by atoms with Crippen LogP contribution in [0.3, 0.4) is 0 Å². The van der Waals surface area contributed by atoms with Crippen molar-refractivity contribution in [1.82, 2.24) is 19.9 Å². The number of rotatable bonds is 8. The molecule has 1 fully saturated rings. The zero-order chi connectivity index (χ0) is 25.8. The fourth-order valence-electron chi connectivity index (χ4n) is 4.57. The first-order valence-corrected chi connectivity index (χ1v) is 13.0. The monoisotopic (exact) mass is 518 g/mol. The van der Waals surface area contributed by atoms with Gasteiger partial charge in [-0.15, -0.1) is 11.3 Å². The number of halogens is 1. The number of hydrogen-bond acceptors (Lipinski definition) is 6. The first kappa shape index (κ1) is 24.6. The summed E-state index contributed by atoms with van der Waals surface area (Å²) < 4.78 is 15.2. The highest BCUT2D eigenvalue weighted by molar-refractivity contribution is 7.14. The number of thiazole rings is 1. The molecule has 2 N–H and O–H groups in total. The Balaban J connectivity index is 1.25. The van der Waals surface area contributed by atoms with Crippen LogP contribution in [0.25, 0.3) is 0 Å². The van der Waals surface area contributed by atoms with Crippen LogP contribution in [0.1, 0.15) is 53.1 Å². The van der Waals surface area contributed by atoms with Crippen LogP contribution in [-0.4, -0.2) is 32.9 Å². The Morgan fingerprint density at radius 3 is 2.78 bits per heavy atom. The van der Waals surface area contributed by atoms with Crippen molar-refractivity contribution in [2.45, 2.75) is 38.9 Å². The summed E-state index contributed by atoms with van der Waals surface area (Å²) >= 11 is 1.41. The number of carbonyl (C=O) groups excluding carboxylic acids is 2. The molecule has 4 aromatic rings.